The van der Waals surface area contributed by atoms with Crippen LogP contribution in [0.4, 0.5) is 9.18 Å². The number of ether oxygens (including phenoxy) is 1. The second-order valence-electron chi connectivity index (χ2n) is 6.26. The Morgan fingerprint density at radius 1 is 1.17 bits per heavy atom. The van der Waals surface area contributed by atoms with Gasteiger partial charge in [0.1, 0.15) is 11.4 Å². The van der Waals surface area contributed by atoms with E-state index < -0.39 is 11.7 Å². The number of carbonyl (C=O) groups excluding carboxylic acids is 2. The van der Waals surface area contributed by atoms with E-state index in [9.17, 15) is 14.0 Å². The topological polar surface area (TPSA) is 67.4 Å². The summed E-state index contributed by atoms with van der Waals surface area (Å²) in [6.07, 6.45) is 0.952. The Labute approximate surface area is 136 Å². The fraction of sp³-hybridized carbons (Fsp3) is 0.529. The number of rotatable bonds is 7. The van der Waals surface area contributed by atoms with Crippen LogP contribution in [0.5, 0.6) is 0 Å². The highest BCUT2D eigenvalue weighted by atomic mass is 19.1. The van der Waals surface area contributed by atoms with Crippen molar-refractivity contribution in [2.24, 2.45) is 0 Å². The minimum absolute atomic E-state index is 0.0904. The average molecular weight is 324 g/mol. The first-order valence-corrected chi connectivity index (χ1v) is 7.74. The standard InChI is InChI=1S/C17H25FN2O3/c1-17(2,3)23-16(22)20-10-5-8-15(21)19-11-9-13-6-4-7-14(18)12-13/h4,6-7,12H,5,8-11H2,1-3H3,(H,19,21)(H,20,22). The summed E-state index contributed by atoms with van der Waals surface area (Å²) in [5, 5.41) is 5.37. The minimum atomic E-state index is -0.529. The molecule has 5 nitrogen and oxygen atoms in total. The van der Waals surface area contributed by atoms with Gasteiger partial charge in [-0.2, -0.15) is 0 Å². The van der Waals surface area contributed by atoms with Gasteiger partial charge in [-0.15, -0.1) is 0 Å². The van der Waals surface area contributed by atoms with Crippen LogP contribution in [-0.4, -0.2) is 30.7 Å². The predicted octanol–water partition coefficient (Wildman–Crippen LogP) is 2.79. The summed E-state index contributed by atoms with van der Waals surface area (Å²) < 4.78 is 18.1. The molecule has 0 aliphatic carbocycles. The third-order valence-electron chi connectivity index (χ3n) is 2.87. The maximum Gasteiger partial charge on any atom is 0.407 e. The van der Waals surface area contributed by atoms with Crippen LogP contribution in [0.2, 0.25) is 0 Å². The molecule has 1 rings (SSSR count). The lowest BCUT2D eigenvalue weighted by atomic mass is 10.1. The molecule has 0 atom stereocenters. The van der Waals surface area contributed by atoms with E-state index in [0.717, 1.165) is 5.56 Å². The van der Waals surface area contributed by atoms with Gasteiger partial charge in [-0.05, 0) is 51.3 Å². The zero-order valence-electron chi connectivity index (χ0n) is 13.9. The van der Waals surface area contributed by atoms with E-state index in [-0.39, 0.29) is 11.7 Å². The van der Waals surface area contributed by atoms with Gasteiger partial charge in [-0.25, -0.2) is 9.18 Å². The minimum Gasteiger partial charge on any atom is -0.444 e. The Morgan fingerprint density at radius 3 is 2.57 bits per heavy atom. The van der Waals surface area contributed by atoms with Gasteiger partial charge in [-0.3, -0.25) is 4.79 Å². The fourth-order valence-corrected chi connectivity index (χ4v) is 1.88. The van der Waals surface area contributed by atoms with Crippen LogP contribution in [0.15, 0.2) is 24.3 Å². The van der Waals surface area contributed by atoms with Crippen LogP contribution in [0.1, 0.15) is 39.2 Å². The van der Waals surface area contributed by atoms with Crippen molar-refractivity contribution < 1.29 is 18.7 Å². The molecule has 0 saturated carbocycles. The predicted molar refractivity (Wildman–Crippen MR) is 86.6 cm³/mol. The van der Waals surface area contributed by atoms with Crippen LogP contribution in [0.25, 0.3) is 0 Å². The average Bonchev–Trinajstić information content (AvgIpc) is 2.42. The number of hydrogen-bond acceptors (Lipinski definition) is 3. The van der Waals surface area contributed by atoms with Crippen molar-refractivity contribution in [3.05, 3.63) is 35.6 Å². The van der Waals surface area contributed by atoms with Crippen molar-refractivity contribution in [2.45, 2.75) is 45.6 Å². The fourth-order valence-electron chi connectivity index (χ4n) is 1.88. The highest BCUT2D eigenvalue weighted by Crippen LogP contribution is 2.06. The Kier molecular flexibility index (Phi) is 7.51. The smallest absolute Gasteiger partial charge is 0.407 e. The number of amides is 2. The number of carbonyl (C=O) groups is 2. The largest absolute Gasteiger partial charge is 0.444 e. The molecule has 0 saturated heterocycles. The first-order valence-electron chi connectivity index (χ1n) is 7.74. The molecule has 0 heterocycles. The summed E-state index contributed by atoms with van der Waals surface area (Å²) in [7, 11) is 0. The van der Waals surface area contributed by atoms with Gasteiger partial charge in [-0.1, -0.05) is 12.1 Å². The van der Waals surface area contributed by atoms with E-state index in [4.69, 9.17) is 4.74 Å². The van der Waals surface area contributed by atoms with Crippen molar-refractivity contribution in [2.75, 3.05) is 13.1 Å². The SMILES string of the molecule is CC(C)(C)OC(=O)NCCCC(=O)NCCc1cccc(F)c1. The van der Waals surface area contributed by atoms with E-state index >= 15 is 0 Å². The van der Waals surface area contributed by atoms with Crippen LogP contribution in [0, 0.1) is 5.82 Å². The van der Waals surface area contributed by atoms with Crippen LogP contribution < -0.4 is 10.6 Å². The van der Waals surface area contributed by atoms with Crippen molar-refractivity contribution in [3.63, 3.8) is 0 Å². The summed E-state index contributed by atoms with van der Waals surface area (Å²) in [4.78, 5) is 23.0. The Morgan fingerprint density at radius 2 is 1.91 bits per heavy atom. The third kappa shape index (κ3) is 9.50. The van der Waals surface area contributed by atoms with Crippen LogP contribution in [-0.2, 0) is 16.0 Å². The van der Waals surface area contributed by atoms with Crippen molar-refractivity contribution in [1.82, 2.24) is 10.6 Å². The molecule has 0 radical (unpaired) electrons. The zero-order valence-corrected chi connectivity index (χ0v) is 13.9. The lowest BCUT2D eigenvalue weighted by molar-refractivity contribution is -0.121. The Balaban J connectivity index is 2.10. The van der Waals surface area contributed by atoms with Crippen LogP contribution >= 0.6 is 0 Å². The van der Waals surface area contributed by atoms with Gasteiger partial charge in [0.15, 0.2) is 0 Å². The third-order valence-corrected chi connectivity index (χ3v) is 2.87. The van der Waals surface area contributed by atoms with E-state index in [1.807, 2.05) is 6.07 Å². The Bertz CT molecular complexity index is 527. The first-order chi connectivity index (χ1) is 10.8. The highest BCUT2D eigenvalue weighted by molar-refractivity contribution is 5.76. The summed E-state index contributed by atoms with van der Waals surface area (Å²) in [6.45, 7) is 6.21. The number of benzene rings is 1. The number of alkyl carbamates (subject to hydrolysis) is 1. The highest BCUT2D eigenvalue weighted by Gasteiger charge is 2.15. The maximum absolute atomic E-state index is 13.0. The molecule has 6 heteroatoms. The van der Waals surface area contributed by atoms with E-state index in [1.54, 1.807) is 26.8 Å². The van der Waals surface area contributed by atoms with Gasteiger partial charge < -0.3 is 15.4 Å². The van der Waals surface area contributed by atoms with Gasteiger partial charge in [0.25, 0.3) is 0 Å². The molecule has 0 spiro atoms. The molecule has 0 unspecified atom stereocenters. The van der Waals surface area contributed by atoms with Gasteiger partial charge >= 0.3 is 6.09 Å². The summed E-state index contributed by atoms with van der Waals surface area (Å²) >= 11 is 0. The van der Waals surface area contributed by atoms with Gasteiger partial charge in [0.05, 0.1) is 0 Å². The van der Waals surface area contributed by atoms with Crippen molar-refractivity contribution in [1.29, 1.82) is 0 Å². The number of halogens is 1. The zero-order chi connectivity index (χ0) is 17.3. The molecular weight excluding hydrogens is 299 g/mol. The van der Waals surface area contributed by atoms with Gasteiger partial charge in [0, 0.05) is 19.5 Å². The molecular formula is C17H25FN2O3. The molecule has 1 aromatic rings. The molecule has 128 valence electrons. The molecule has 0 fully saturated rings. The lowest BCUT2D eigenvalue weighted by Crippen LogP contribution is -2.33. The quantitative estimate of drug-likeness (QED) is 0.758. The second-order valence-corrected chi connectivity index (χ2v) is 6.26. The number of hydrogen-bond donors (Lipinski definition) is 2. The summed E-state index contributed by atoms with van der Waals surface area (Å²) in [6, 6.07) is 6.31. The molecule has 23 heavy (non-hydrogen) atoms. The van der Waals surface area contributed by atoms with Gasteiger partial charge in [0.2, 0.25) is 5.91 Å². The monoisotopic (exact) mass is 324 g/mol. The molecule has 1 aromatic carbocycles. The van der Waals surface area contributed by atoms with Crippen molar-refractivity contribution in [3.8, 4) is 0 Å². The lowest BCUT2D eigenvalue weighted by Gasteiger charge is -2.19. The molecule has 0 bridgehead atoms. The Hall–Kier alpha value is -2.11. The maximum atomic E-state index is 13.0. The van der Waals surface area contributed by atoms with Crippen LogP contribution in [0.3, 0.4) is 0 Å². The summed E-state index contributed by atoms with van der Waals surface area (Å²) in [5.41, 5.74) is 0.315. The van der Waals surface area contributed by atoms with E-state index in [0.29, 0.717) is 32.4 Å². The van der Waals surface area contributed by atoms with E-state index in [2.05, 4.69) is 10.6 Å². The molecule has 0 aromatic heterocycles. The summed E-state index contributed by atoms with van der Waals surface area (Å²) in [5.74, 6) is -0.366. The normalized spacial score (nSPS) is 11.0. The van der Waals surface area contributed by atoms with E-state index in [1.165, 1.54) is 12.1 Å². The molecule has 2 N–H and O–H groups in total. The first kappa shape index (κ1) is 18.9. The van der Waals surface area contributed by atoms with Crippen molar-refractivity contribution >= 4 is 12.0 Å². The molecule has 0 aliphatic heterocycles. The molecule has 2 amide bonds. The number of nitrogens with one attached hydrogen (secondary N) is 2. The second kappa shape index (κ2) is 9.12. The molecule has 0 aliphatic rings.